The third-order valence-electron chi connectivity index (χ3n) is 3.26. The Morgan fingerprint density at radius 3 is 2.58 bits per heavy atom. The molecule has 0 saturated heterocycles. The van der Waals surface area contributed by atoms with Crippen LogP contribution in [0.15, 0.2) is 42.5 Å². The molecular formula is C17H27NO. The summed E-state index contributed by atoms with van der Waals surface area (Å²) in [7, 11) is 0. The van der Waals surface area contributed by atoms with E-state index in [2.05, 4.69) is 48.7 Å². The summed E-state index contributed by atoms with van der Waals surface area (Å²) < 4.78 is 0. The van der Waals surface area contributed by atoms with Gasteiger partial charge in [-0.3, -0.25) is 0 Å². The first-order valence-corrected chi connectivity index (χ1v) is 7.38. The molecule has 0 radical (unpaired) electrons. The molecule has 0 fully saturated rings. The van der Waals surface area contributed by atoms with Crippen LogP contribution in [0.4, 0.5) is 0 Å². The van der Waals surface area contributed by atoms with Crippen molar-refractivity contribution in [2.24, 2.45) is 0 Å². The molecule has 106 valence electrons. The molecule has 2 heteroatoms. The highest BCUT2D eigenvalue weighted by Gasteiger charge is 2.03. The van der Waals surface area contributed by atoms with Gasteiger partial charge >= 0.3 is 0 Å². The number of hydrogen-bond acceptors (Lipinski definition) is 2. The second-order valence-electron chi connectivity index (χ2n) is 4.99. The van der Waals surface area contributed by atoms with Crippen molar-refractivity contribution in [3.63, 3.8) is 0 Å². The van der Waals surface area contributed by atoms with Crippen molar-refractivity contribution in [1.29, 1.82) is 0 Å². The minimum Gasteiger partial charge on any atom is -0.393 e. The molecule has 0 amide bonds. The van der Waals surface area contributed by atoms with E-state index in [1.165, 1.54) is 5.56 Å². The SMILES string of the molecule is CCC[C@@H](/C=C\C[C@@H](O)CC)NCc1ccccc1. The fraction of sp³-hybridized carbons (Fsp3) is 0.529. The van der Waals surface area contributed by atoms with Crippen LogP contribution >= 0.6 is 0 Å². The molecule has 0 heterocycles. The standard InChI is InChI=1S/C17H27NO/c1-3-9-16(12-8-13-17(19)4-2)18-14-15-10-6-5-7-11-15/h5-8,10-12,16-19H,3-4,9,13-14H2,1-2H3/b12-8-/t16-,17-/m0/s1. The Morgan fingerprint density at radius 2 is 1.95 bits per heavy atom. The number of aliphatic hydroxyl groups excluding tert-OH is 1. The average Bonchev–Trinajstić information content (AvgIpc) is 2.45. The second-order valence-corrected chi connectivity index (χ2v) is 4.99. The first kappa shape index (κ1) is 15.9. The smallest absolute Gasteiger partial charge is 0.0572 e. The van der Waals surface area contributed by atoms with Crippen molar-refractivity contribution in [2.45, 2.75) is 58.2 Å². The molecule has 0 aliphatic rings. The molecule has 1 aromatic rings. The van der Waals surface area contributed by atoms with Crippen LogP contribution in [0.5, 0.6) is 0 Å². The first-order valence-electron chi connectivity index (χ1n) is 7.38. The Kier molecular flexibility index (Phi) is 8.19. The predicted octanol–water partition coefficient (Wildman–Crippen LogP) is 3.66. The molecule has 0 aliphatic heterocycles. The van der Waals surface area contributed by atoms with Gasteiger partial charge < -0.3 is 10.4 Å². The van der Waals surface area contributed by atoms with Crippen molar-refractivity contribution < 1.29 is 5.11 Å². The van der Waals surface area contributed by atoms with Gasteiger partial charge in [0.1, 0.15) is 0 Å². The van der Waals surface area contributed by atoms with Crippen molar-refractivity contribution in [2.75, 3.05) is 0 Å². The van der Waals surface area contributed by atoms with E-state index < -0.39 is 0 Å². The van der Waals surface area contributed by atoms with Crippen molar-refractivity contribution in [3.05, 3.63) is 48.0 Å². The van der Waals surface area contributed by atoms with Crippen LogP contribution in [-0.2, 0) is 6.54 Å². The predicted molar refractivity (Wildman–Crippen MR) is 82.0 cm³/mol. The molecule has 0 spiro atoms. The van der Waals surface area contributed by atoms with E-state index in [4.69, 9.17) is 0 Å². The summed E-state index contributed by atoms with van der Waals surface area (Å²) in [5, 5.41) is 13.1. The molecule has 2 nitrogen and oxygen atoms in total. The third-order valence-corrected chi connectivity index (χ3v) is 3.26. The minimum atomic E-state index is -0.201. The lowest BCUT2D eigenvalue weighted by molar-refractivity contribution is 0.173. The molecule has 1 aromatic carbocycles. The molecule has 2 N–H and O–H groups in total. The van der Waals surface area contributed by atoms with E-state index in [1.807, 2.05) is 13.0 Å². The van der Waals surface area contributed by atoms with E-state index >= 15 is 0 Å². The Hall–Kier alpha value is -1.12. The first-order chi connectivity index (χ1) is 9.26. The molecule has 1 rings (SSSR count). The summed E-state index contributed by atoms with van der Waals surface area (Å²) in [5.74, 6) is 0. The minimum absolute atomic E-state index is 0.201. The van der Waals surface area contributed by atoms with Crippen LogP contribution in [0.25, 0.3) is 0 Å². The maximum Gasteiger partial charge on any atom is 0.0572 e. The monoisotopic (exact) mass is 261 g/mol. The summed E-state index contributed by atoms with van der Waals surface area (Å²) >= 11 is 0. The quantitative estimate of drug-likeness (QED) is 0.665. The van der Waals surface area contributed by atoms with Gasteiger partial charge in [-0.05, 0) is 24.8 Å². The van der Waals surface area contributed by atoms with Crippen LogP contribution in [0, 0.1) is 0 Å². The lowest BCUT2D eigenvalue weighted by Crippen LogP contribution is -2.26. The zero-order chi connectivity index (χ0) is 13.9. The Balaban J connectivity index is 2.39. The van der Waals surface area contributed by atoms with E-state index in [0.29, 0.717) is 6.04 Å². The van der Waals surface area contributed by atoms with Gasteiger partial charge in [0, 0.05) is 12.6 Å². The summed E-state index contributed by atoms with van der Waals surface area (Å²) in [4.78, 5) is 0. The largest absolute Gasteiger partial charge is 0.393 e. The summed E-state index contributed by atoms with van der Waals surface area (Å²) in [5.41, 5.74) is 1.31. The van der Waals surface area contributed by atoms with Gasteiger partial charge in [0.05, 0.1) is 6.10 Å². The van der Waals surface area contributed by atoms with Gasteiger partial charge in [-0.15, -0.1) is 0 Å². The summed E-state index contributed by atoms with van der Waals surface area (Å²) in [6, 6.07) is 10.9. The van der Waals surface area contributed by atoms with Gasteiger partial charge in [0.2, 0.25) is 0 Å². The highest BCUT2D eigenvalue weighted by atomic mass is 16.3. The van der Waals surface area contributed by atoms with Crippen molar-refractivity contribution >= 4 is 0 Å². The van der Waals surface area contributed by atoms with Crippen molar-refractivity contribution in [3.8, 4) is 0 Å². The average molecular weight is 261 g/mol. The zero-order valence-corrected chi connectivity index (χ0v) is 12.2. The van der Waals surface area contributed by atoms with Gasteiger partial charge in [0.25, 0.3) is 0 Å². The van der Waals surface area contributed by atoms with Gasteiger partial charge in [-0.25, -0.2) is 0 Å². The number of aliphatic hydroxyl groups is 1. The Labute approximate surface area is 117 Å². The Morgan fingerprint density at radius 1 is 1.21 bits per heavy atom. The van der Waals surface area contributed by atoms with Crippen molar-refractivity contribution in [1.82, 2.24) is 5.32 Å². The molecule has 2 atom stereocenters. The Bertz CT molecular complexity index is 348. The maximum absolute atomic E-state index is 9.54. The van der Waals surface area contributed by atoms with Gasteiger partial charge in [0.15, 0.2) is 0 Å². The lowest BCUT2D eigenvalue weighted by atomic mass is 10.1. The zero-order valence-electron chi connectivity index (χ0n) is 12.2. The second kappa shape index (κ2) is 9.76. The van der Waals surface area contributed by atoms with Gasteiger partial charge in [-0.1, -0.05) is 62.8 Å². The fourth-order valence-corrected chi connectivity index (χ4v) is 1.99. The summed E-state index contributed by atoms with van der Waals surface area (Å²) in [6.45, 7) is 5.10. The van der Waals surface area contributed by atoms with Crippen LogP contribution in [0.3, 0.4) is 0 Å². The lowest BCUT2D eigenvalue weighted by Gasteiger charge is -2.14. The topological polar surface area (TPSA) is 32.3 Å². The van der Waals surface area contributed by atoms with Crippen LogP contribution in [0.1, 0.15) is 45.1 Å². The van der Waals surface area contributed by atoms with E-state index in [9.17, 15) is 5.11 Å². The van der Waals surface area contributed by atoms with Crippen LogP contribution < -0.4 is 5.32 Å². The van der Waals surface area contributed by atoms with E-state index in [0.717, 1.165) is 32.2 Å². The molecule has 0 aromatic heterocycles. The van der Waals surface area contributed by atoms with Crippen LogP contribution in [0.2, 0.25) is 0 Å². The highest BCUT2D eigenvalue weighted by Crippen LogP contribution is 2.05. The molecule has 19 heavy (non-hydrogen) atoms. The van der Waals surface area contributed by atoms with E-state index in [-0.39, 0.29) is 6.10 Å². The highest BCUT2D eigenvalue weighted by molar-refractivity contribution is 5.14. The normalized spacial score (nSPS) is 14.7. The number of benzene rings is 1. The van der Waals surface area contributed by atoms with Crippen LogP contribution in [-0.4, -0.2) is 17.3 Å². The number of rotatable bonds is 9. The molecular weight excluding hydrogens is 234 g/mol. The summed E-state index contributed by atoms with van der Waals surface area (Å²) in [6.07, 6.45) is 7.97. The van der Waals surface area contributed by atoms with E-state index in [1.54, 1.807) is 0 Å². The molecule has 0 unspecified atom stereocenters. The molecule has 0 aliphatic carbocycles. The maximum atomic E-state index is 9.54. The number of nitrogens with one attached hydrogen (secondary N) is 1. The molecule has 0 saturated carbocycles. The van der Waals surface area contributed by atoms with Gasteiger partial charge in [-0.2, -0.15) is 0 Å². The third kappa shape index (κ3) is 7.14. The molecule has 0 bridgehead atoms. The number of hydrogen-bond donors (Lipinski definition) is 2. The fourth-order valence-electron chi connectivity index (χ4n) is 1.99.